The molecule has 0 radical (unpaired) electrons. The molecule has 1 unspecified atom stereocenters. The highest BCUT2D eigenvalue weighted by Gasteiger charge is 2.50. The number of benzene rings is 1. The van der Waals surface area contributed by atoms with Crippen molar-refractivity contribution in [1.29, 1.82) is 5.26 Å². The Morgan fingerprint density at radius 3 is 2.80 bits per heavy atom. The Kier molecular flexibility index (Phi) is 3.75. The van der Waals surface area contributed by atoms with Gasteiger partial charge in [-0.05, 0) is 38.5 Å². The Labute approximate surface area is 117 Å². The maximum absolute atomic E-state index is 12.4. The average Bonchev–Trinajstić information content (AvgIpc) is 2.45. The van der Waals surface area contributed by atoms with Crippen LogP contribution in [0, 0.1) is 11.3 Å². The van der Waals surface area contributed by atoms with Crippen LogP contribution >= 0.6 is 0 Å². The summed E-state index contributed by atoms with van der Waals surface area (Å²) >= 11 is 0. The van der Waals surface area contributed by atoms with Crippen molar-refractivity contribution >= 4 is 11.9 Å². The first-order valence-electron chi connectivity index (χ1n) is 6.52. The lowest BCUT2D eigenvalue weighted by atomic mass is 9.85. The summed E-state index contributed by atoms with van der Waals surface area (Å²) in [6.07, 6.45) is 0.593. The SMILES string of the molecule is CCOC(=O)C1(C)CCN1C(=O)c1cccc(C#N)c1. The number of carbonyl (C=O) groups is 2. The van der Waals surface area contributed by atoms with Gasteiger partial charge in [-0.1, -0.05) is 6.07 Å². The van der Waals surface area contributed by atoms with Crippen molar-refractivity contribution in [2.45, 2.75) is 25.8 Å². The Balaban J connectivity index is 2.21. The average molecular weight is 272 g/mol. The third-order valence-corrected chi connectivity index (χ3v) is 3.62. The first-order valence-corrected chi connectivity index (χ1v) is 6.52. The first-order chi connectivity index (χ1) is 9.52. The summed E-state index contributed by atoms with van der Waals surface area (Å²) in [6, 6.07) is 8.47. The molecule has 5 nitrogen and oxygen atoms in total. The van der Waals surface area contributed by atoms with Gasteiger partial charge >= 0.3 is 5.97 Å². The fourth-order valence-electron chi connectivity index (χ4n) is 2.26. The van der Waals surface area contributed by atoms with E-state index in [0.717, 1.165) is 0 Å². The van der Waals surface area contributed by atoms with Crippen molar-refractivity contribution in [3.8, 4) is 6.07 Å². The molecule has 2 rings (SSSR count). The Bertz CT molecular complexity index is 591. The Morgan fingerprint density at radius 1 is 1.50 bits per heavy atom. The molecule has 0 aromatic heterocycles. The van der Waals surface area contributed by atoms with E-state index in [0.29, 0.717) is 30.7 Å². The highest BCUT2D eigenvalue weighted by atomic mass is 16.5. The van der Waals surface area contributed by atoms with Gasteiger partial charge in [-0.3, -0.25) is 4.79 Å². The van der Waals surface area contributed by atoms with Crippen molar-refractivity contribution in [2.75, 3.05) is 13.2 Å². The summed E-state index contributed by atoms with van der Waals surface area (Å²) in [4.78, 5) is 25.9. The Morgan fingerprint density at radius 2 is 2.25 bits per heavy atom. The van der Waals surface area contributed by atoms with Crippen molar-refractivity contribution in [3.63, 3.8) is 0 Å². The molecule has 0 bridgehead atoms. The van der Waals surface area contributed by atoms with Crippen LogP contribution in [0.25, 0.3) is 0 Å². The van der Waals surface area contributed by atoms with Gasteiger partial charge in [0, 0.05) is 12.1 Å². The van der Waals surface area contributed by atoms with Crippen LogP contribution in [0.5, 0.6) is 0 Å². The largest absolute Gasteiger partial charge is 0.464 e. The van der Waals surface area contributed by atoms with Gasteiger partial charge in [0.05, 0.1) is 18.2 Å². The number of rotatable bonds is 3. The van der Waals surface area contributed by atoms with Gasteiger partial charge in [-0.15, -0.1) is 0 Å². The van der Waals surface area contributed by atoms with E-state index in [1.807, 2.05) is 6.07 Å². The number of hydrogen-bond donors (Lipinski definition) is 0. The van der Waals surface area contributed by atoms with Crippen LogP contribution in [-0.2, 0) is 9.53 Å². The molecule has 1 aromatic rings. The van der Waals surface area contributed by atoms with Crippen molar-refractivity contribution in [1.82, 2.24) is 4.90 Å². The van der Waals surface area contributed by atoms with Crippen molar-refractivity contribution in [3.05, 3.63) is 35.4 Å². The summed E-state index contributed by atoms with van der Waals surface area (Å²) in [6.45, 7) is 4.26. The molecular weight excluding hydrogens is 256 g/mol. The second kappa shape index (κ2) is 5.33. The van der Waals surface area contributed by atoms with Crippen LogP contribution < -0.4 is 0 Å². The number of nitrogens with zero attached hydrogens (tertiary/aromatic N) is 2. The van der Waals surface area contributed by atoms with Gasteiger partial charge in [0.15, 0.2) is 0 Å². The highest BCUT2D eigenvalue weighted by Crippen LogP contribution is 2.33. The summed E-state index contributed by atoms with van der Waals surface area (Å²) < 4.78 is 5.02. The topological polar surface area (TPSA) is 70.4 Å². The quantitative estimate of drug-likeness (QED) is 0.786. The molecule has 5 heteroatoms. The van der Waals surface area contributed by atoms with Crippen LogP contribution in [0.15, 0.2) is 24.3 Å². The summed E-state index contributed by atoms with van der Waals surface area (Å²) in [5.41, 5.74) is -0.0519. The summed E-state index contributed by atoms with van der Waals surface area (Å²) in [5, 5.41) is 8.87. The van der Waals surface area contributed by atoms with E-state index >= 15 is 0 Å². The highest BCUT2D eigenvalue weighted by molar-refractivity contribution is 5.99. The molecule has 0 spiro atoms. The molecule has 1 aliphatic heterocycles. The van der Waals surface area contributed by atoms with Gasteiger partial charge < -0.3 is 9.64 Å². The number of hydrogen-bond acceptors (Lipinski definition) is 4. The Hall–Kier alpha value is -2.35. The third kappa shape index (κ3) is 2.25. The van der Waals surface area contributed by atoms with E-state index < -0.39 is 5.54 Å². The van der Waals surface area contributed by atoms with Gasteiger partial charge in [-0.2, -0.15) is 5.26 Å². The predicted octanol–water partition coefficient (Wildman–Crippen LogP) is 1.73. The molecule has 20 heavy (non-hydrogen) atoms. The van der Waals surface area contributed by atoms with E-state index in [9.17, 15) is 9.59 Å². The van der Waals surface area contributed by atoms with Crippen molar-refractivity contribution < 1.29 is 14.3 Å². The first kappa shape index (κ1) is 14.1. The smallest absolute Gasteiger partial charge is 0.331 e. The summed E-state index contributed by atoms with van der Waals surface area (Å²) in [5.74, 6) is -0.625. The molecule has 1 heterocycles. The standard InChI is InChI=1S/C15H16N2O3/c1-3-20-14(19)15(2)7-8-17(15)13(18)12-6-4-5-11(9-12)10-16/h4-6,9H,3,7-8H2,1-2H3. The van der Waals surface area contributed by atoms with E-state index in [1.54, 1.807) is 32.0 Å². The number of ether oxygens (including phenoxy) is 1. The lowest BCUT2D eigenvalue weighted by molar-refractivity contribution is -0.162. The van der Waals surface area contributed by atoms with Crippen molar-refractivity contribution in [2.24, 2.45) is 0 Å². The van der Waals surface area contributed by atoms with E-state index in [-0.39, 0.29) is 11.9 Å². The molecule has 1 aliphatic rings. The predicted molar refractivity (Wildman–Crippen MR) is 71.8 cm³/mol. The lowest BCUT2D eigenvalue weighted by Gasteiger charge is -2.48. The monoisotopic (exact) mass is 272 g/mol. The van der Waals surface area contributed by atoms with E-state index in [1.165, 1.54) is 11.0 Å². The molecule has 1 fully saturated rings. The second-order valence-electron chi connectivity index (χ2n) is 4.89. The molecular formula is C15H16N2O3. The number of nitriles is 1. The number of amides is 1. The molecule has 1 saturated heterocycles. The van der Waals surface area contributed by atoms with Gasteiger partial charge in [-0.25, -0.2) is 4.79 Å². The molecule has 0 aliphatic carbocycles. The minimum Gasteiger partial charge on any atom is -0.464 e. The fraction of sp³-hybridized carbons (Fsp3) is 0.400. The van der Waals surface area contributed by atoms with E-state index in [2.05, 4.69) is 0 Å². The molecule has 0 N–H and O–H groups in total. The van der Waals surface area contributed by atoms with Crippen LogP contribution in [0.1, 0.15) is 36.2 Å². The maximum atomic E-state index is 12.4. The van der Waals surface area contributed by atoms with Gasteiger partial charge in [0.1, 0.15) is 5.54 Å². The third-order valence-electron chi connectivity index (χ3n) is 3.62. The minimum absolute atomic E-state index is 0.246. The maximum Gasteiger partial charge on any atom is 0.331 e. The molecule has 0 saturated carbocycles. The normalized spacial score (nSPS) is 20.8. The zero-order valence-electron chi connectivity index (χ0n) is 11.5. The lowest BCUT2D eigenvalue weighted by Crippen LogP contribution is -2.65. The zero-order chi connectivity index (χ0) is 14.8. The van der Waals surface area contributed by atoms with Gasteiger partial charge in [0.2, 0.25) is 0 Å². The molecule has 1 aromatic carbocycles. The van der Waals surface area contributed by atoms with Crippen LogP contribution in [-0.4, -0.2) is 35.5 Å². The zero-order valence-corrected chi connectivity index (χ0v) is 11.5. The van der Waals surface area contributed by atoms with Crippen LogP contribution in [0.2, 0.25) is 0 Å². The molecule has 1 atom stereocenters. The van der Waals surface area contributed by atoms with Crippen LogP contribution in [0.3, 0.4) is 0 Å². The molecule has 1 amide bonds. The van der Waals surface area contributed by atoms with Gasteiger partial charge in [0.25, 0.3) is 5.91 Å². The fourth-order valence-corrected chi connectivity index (χ4v) is 2.26. The summed E-state index contributed by atoms with van der Waals surface area (Å²) in [7, 11) is 0. The van der Waals surface area contributed by atoms with Crippen LogP contribution in [0.4, 0.5) is 0 Å². The second-order valence-corrected chi connectivity index (χ2v) is 4.89. The molecule has 104 valence electrons. The number of likely N-dealkylation sites (tertiary alicyclic amines) is 1. The number of esters is 1. The minimum atomic E-state index is -0.893. The van der Waals surface area contributed by atoms with E-state index in [4.69, 9.17) is 10.00 Å². The number of carbonyl (C=O) groups excluding carboxylic acids is 2.